The Kier molecular flexibility index (Phi) is 5.44. The van der Waals surface area contributed by atoms with Gasteiger partial charge in [0.2, 0.25) is 0 Å². The number of aryl methyl sites for hydroxylation is 1. The molecule has 0 heterocycles. The highest BCUT2D eigenvalue weighted by Gasteiger charge is 2.37. The summed E-state index contributed by atoms with van der Waals surface area (Å²) < 4.78 is 33.8. The predicted molar refractivity (Wildman–Crippen MR) is 103 cm³/mol. The lowest BCUT2D eigenvalue weighted by molar-refractivity contribution is 0.0674. The smallest absolute Gasteiger partial charge is 0.168 e. The van der Waals surface area contributed by atoms with Crippen molar-refractivity contribution in [3.05, 3.63) is 65.2 Å². The minimum Gasteiger partial charge on any atom is -0.482 e. The monoisotopic (exact) mass is 371 g/mol. The Morgan fingerprint density at radius 3 is 2.63 bits per heavy atom. The normalized spacial score (nSPS) is 28.3. The zero-order valence-electron chi connectivity index (χ0n) is 15.5. The molecule has 0 saturated heterocycles. The van der Waals surface area contributed by atoms with Crippen LogP contribution in [-0.4, -0.2) is 6.04 Å². The first-order valence-electron chi connectivity index (χ1n) is 10.1. The highest BCUT2D eigenvalue weighted by atomic mass is 19.1. The van der Waals surface area contributed by atoms with E-state index in [0.29, 0.717) is 11.8 Å². The molecule has 0 aromatic heterocycles. The number of rotatable bonds is 3. The van der Waals surface area contributed by atoms with E-state index in [1.54, 1.807) is 0 Å². The third kappa shape index (κ3) is 4.01. The van der Waals surface area contributed by atoms with Crippen molar-refractivity contribution < 1.29 is 13.5 Å². The molecule has 27 heavy (non-hydrogen) atoms. The lowest BCUT2D eigenvalue weighted by Crippen LogP contribution is -2.33. The van der Waals surface area contributed by atoms with Gasteiger partial charge in [-0.15, -0.1) is 0 Å². The summed E-state index contributed by atoms with van der Waals surface area (Å²) in [6, 6.07) is 12.0. The standard InChI is InChI=1S/C23H27F2NO/c24-17-10-12-22(21(25)14-17)27-23-19-8-4-2-5-15(19)9-11-20(23)16-6-1-3-7-18(26)13-16/h2,4-5,8,10,12,14,16,18,20,23H,1,3,6-7,9,11,13,26H2/t16?,18-,20+,23-/m0/s1. The van der Waals surface area contributed by atoms with Gasteiger partial charge in [0.05, 0.1) is 0 Å². The summed E-state index contributed by atoms with van der Waals surface area (Å²) in [7, 11) is 0. The van der Waals surface area contributed by atoms with Gasteiger partial charge in [-0.1, -0.05) is 37.1 Å². The number of hydrogen-bond donors (Lipinski definition) is 1. The van der Waals surface area contributed by atoms with E-state index in [1.165, 1.54) is 30.5 Å². The predicted octanol–water partition coefficient (Wildman–Crippen LogP) is 5.55. The molecule has 1 saturated carbocycles. The van der Waals surface area contributed by atoms with Crippen molar-refractivity contribution in [2.45, 2.75) is 57.1 Å². The van der Waals surface area contributed by atoms with Crippen LogP contribution in [0.5, 0.6) is 5.75 Å². The van der Waals surface area contributed by atoms with Gasteiger partial charge in [-0.05, 0) is 61.3 Å². The Balaban J connectivity index is 1.67. The average molecular weight is 371 g/mol. The Hall–Kier alpha value is -1.94. The van der Waals surface area contributed by atoms with Gasteiger partial charge in [0.1, 0.15) is 11.9 Å². The Bertz CT molecular complexity index is 794. The fraction of sp³-hybridized carbons (Fsp3) is 0.478. The van der Waals surface area contributed by atoms with E-state index in [4.69, 9.17) is 10.5 Å². The summed E-state index contributed by atoms with van der Waals surface area (Å²) in [4.78, 5) is 0. The topological polar surface area (TPSA) is 35.2 Å². The minimum atomic E-state index is -0.644. The lowest BCUT2D eigenvalue weighted by atomic mass is 9.72. The Morgan fingerprint density at radius 2 is 1.78 bits per heavy atom. The molecule has 1 fully saturated rings. The molecular weight excluding hydrogens is 344 g/mol. The summed E-state index contributed by atoms with van der Waals surface area (Å²) in [5.41, 5.74) is 8.72. The molecule has 1 unspecified atom stereocenters. The van der Waals surface area contributed by atoms with Gasteiger partial charge in [0, 0.05) is 18.0 Å². The largest absolute Gasteiger partial charge is 0.482 e. The summed E-state index contributed by atoms with van der Waals surface area (Å²) >= 11 is 0. The second-order valence-electron chi connectivity index (χ2n) is 8.05. The third-order valence-corrected chi connectivity index (χ3v) is 6.26. The molecule has 0 bridgehead atoms. The summed E-state index contributed by atoms with van der Waals surface area (Å²) in [6.45, 7) is 0. The van der Waals surface area contributed by atoms with Gasteiger partial charge in [0.25, 0.3) is 0 Å². The molecule has 2 aromatic rings. The molecule has 0 radical (unpaired) electrons. The second kappa shape index (κ2) is 7.97. The van der Waals surface area contributed by atoms with Crippen LogP contribution in [0.1, 0.15) is 55.8 Å². The van der Waals surface area contributed by atoms with Gasteiger partial charge >= 0.3 is 0 Å². The molecule has 4 atom stereocenters. The molecule has 4 heteroatoms. The van der Waals surface area contributed by atoms with Gasteiger partial charge < -0.3 is 10.5 Å². The summed E-state index contributed by atoms with van der Waals surface area (Å²) in [5.74, 6) is -0.330. The van der Waals surface area contributed by atoms with Gasteiger partial charge in [-0.25, -0.2) is 8.78 Å². The van der Waals surface area contributed by atoms with Crippen molar-refractivity contribution in [1.82, 2.24) is 0 Å². The van der Waals surface area contributed by atoms with Crippen molar-refractivity contribution in [2.75, 3.05) is 0 Å². The van der Waals surface area contributed by atoms with E-state index in [1.807, 2.05) is 12.1 Å². The number of halogens is 2. The fourth-order valence-corrected chi connectivity index (χ4v) is 4.91. The van der Waals surface area contributed by atoms with Crippen molar-refractivity contribution >= 4 is 0 Å². The zero-order valence-corrected chi connectivity index (χ0v) is 15.5. The Morgan fingerprint density at radius 1 is 0.963 bits per heavy atom. The molecule has 2 aromatic carbocycles. The third-order valence-electron chi connectivity index (χ3n) is 6.26. The number of nitrogens with two attached hydrogens (primary N) is 1. The maximum absolute atomic E-state index is 14.3. The molecular formula is C23H27F2NO. The summed E-state index contributed by atoms with van der Waals surface area (Å²) in [6.07, 6.45) is 7.40. The molecule has 0 spiro atoms. The highest BCUT2D eigenvalue weighted by molar-refractivity contribution is 5.34. The van der Waals surface area contributed by atoms with Crippen LogP contribution < -0.4 is 10.5 Å². The van der Waals surface area contributed by atoms with E-state index in [-0.39, 0.29) is 17.9 Å². The average Bonchev–Trinajstić information content (AvgIpc) is 2.88. The fourth-order valence-electron chi connectivity index (χ4n) is 4.91. The van der Waals surface area contributed by atoms with E-state index in [9.17, 15) is 8.78 Å². The van der Waals surface area contributed by atoms with E-state index in [0.717, 1.165) is 43.7 Å². The number of benzene rings is 2. The van der Waals surface area contributed by atoms with Crippen molar-refractivity contribution in [3.63, 3.8) is 0 Å². The van der Waals surface area contributed by atoms with Crippen LogP contribution in [0.25, 0.3) is 0 Å². The van der Waals surface area contributed by atoms with Crippen LogP contribution in [0.3, 0.4) is 0 Å². The van der Waals surface area contributed by atoms with Crippen molar-refractivity contribution in [2.24, 2.45) is 17.6 Å². The van der Waals surface area contributed by atoms with Crippen LogP contribution in [0.4, 0.5) is 8.78 Å². The molecule has 2 N–H and O–H groups in total. The van der Waals surface area contributed by atoms with Crippen molar-refractivity contribution in [1.29, 1.82) is 0 Å². The van der Waals surface area contributed by atoms with Crippen LogP contribution in [0.15, 0.2) is 42.5 Å². The Labute approximate surface area is 159 Å². The molecule has 2 aliphatic carbocycles. The van der Waals surface area contributed by atoms with E-state index >= 15 is 0 Å². The molecule has 144 valence electrons. The first-order valence-corrected chi connectivity index (χ1v) is 10.1. The van der Waals surface area contributed by atoms with Gasteiger partial charge in [-0.3, -0.25) is 0 Å². The van der Waals surface area contributed by atoms with Crippen LogP contribution in [0, 0.1) is 23.5 Å². The second-order valence-corrected chi connectivity index (χ2v) is 8.05. The first-order chi connectivity index (χ1) is 13.1. The number of hydrogen-bond acceptors (Lipinski definition) is 2. The van der Waals surface area contributed by atoms with E-state index < -0.39 is 11.6 Å². The maximum Gasteiger partial charge on any atom is 0.168 e. The quantitative estimate of drug-likeness (QED) is 0.718. The zero-order chi connectivity index (χ0) is 18.8. The van der Waals surface area contributed by atoms with Gasteiger partial charge in [-0.2, -0.15) is 0 Å². The van der Waals surface area contributed by atoms with Crippen LogP contribution in [-0.2, 0) is 6.42 Å². The van der Waals surface area contributed by atoms with Crippen LogP contribution in [0.2, 0.25) is 0 Å². The maximum atomic E-state index is 14.3. The first kappa shape index (κ1) is 18.4. The van der Waals surface area contributed by atoms with Crippen molar-refractivity contribution in [3.8, 4) is 5.75 Å². The van der Waals surface area contributed by atoms with E-state index in [2.05, 4.69) is 12.1 Å². The molecule has 0 amide bonds. The van der Waals surface area contributed by atoms with Gasteiger partial charge in [0.15, 0.2) is 11.6 Å². The minimum absolute atomic E-state index is 0.126. The molecule has 2 nitrogen and oxygen atoms in total. The SMILES string of the molecule is N[C@H]1CCCCC([C@H]2CCc3ccccc3[C@@H]2Oc2ccc(F)cc2F)C1. The molecule has 0 aliphatic heterocycles. The number of ether oxygens (including phenoxy) is 1. The van der Waals surface area contributed by atoms with Crippen LogP contribution >= 0.6 is 0 Å². The molecule has 4 rings (SSSR count). The molecule has 2 aliphatic rings. The number of fused-ring (bicyclic) bond motifs is 1. The lowest BCUT2D eigenvalue weighted by Gasteiger charge is -2.39. The highest BCUT2D eigenvalue weighted by Crippen LogP contribution is 2.45. The summed E-state index contributed by atoms with van der Waals surface area (Å²) in [5, 5.41) is 0.